The third-order valence-corrected chi connectivity index (χ3v) is 4.55. The summed E-state index contributed by atoms with van der Waals surface area (Å²) >= 11 is 0. The van der Waals surface area contributed by atoms with Crippen LogP contribution in [0.2, 0.25) is 0 Å². The van der Waals surface area contributed by atoms with Crippen LogP contribution in [0.15, 0.2) is 36.7 Å². The second-order valence-corrected chi connectivity index (χ2v) is 6.01. The minimum absolute atomic E-state index is 0.616. The summed E-state index contributed by atoms with van der Waals surface area (Å²) in [6.07, 6.45) is 1.52. The number of fused-ring (bicyclic) bond motifs is 3. The largest absolute Gasteiger partial charge is 0.497 e. The molecule has 8 nitrogen and oxygen atoms in total. The van der Waals surface area contributed by atoms with Crippen LogP contribution in [-0.4, -0.2) is 43.4 Å². The van der Waals surface area contributed by atoms with E-state index in [-0.39, 0.29) is 0 Å². The van der Waals surface area contributed by atoms with E-state index in [1.54, 1.807) is 28.4 Å². The van der Waals surface area contributed by atoms with E-state index in [0.29, 0.717) is 28.8 Å². The van der Waals surface area contributed by atoms with Crippen molar-refractivity contribution >= 4 is 33.4 Å². The molecule has 0 unspecified atom stereocenters. The van der Waals surface area contributed by atoms with E-state index in [1.165, 1.54) is 6.33 Å². The number of methoxy groups -OCH3 is 4. The van der Waals surface area contributed by atoms with Gasteiger partial charge in [0.25, 0.3) is 0 Å². The highest BCUT2D eigenvalue weighted by Crippen LogP contribution is 2.38. The van der Waals surface area contributed by atoms with Crippen molar-refractivity contribution < 1.29 is 18.9 Å². The summed E-state index contributed by atoms with van der Waals surface area (Å²) in [5.74, 6) is 3.27. The zero-order valence-corrected chi connectivity index (χ0v) is 16.0. The maximum Gasteiger partial charge on any atom is 0.162 e. The summed E-state index contributed by atoms with van der Waals surface area (Å²) < 4.78 is 21.6. The minimum Gasteiger partial charge on any atom is -0.497 e. The van der Waals surface area contributed by atoms with Crippen molar-refractivity contribution in [1.82, 2.24) is 15.0 Å². The molecule has 0 saturated heterocycles. The van der Waals surface area contributed by atoms with Crippen molar-refractivity contribution in [3.63, 3.8) is 0 Å². The summed E-state index contributed by atoms with van der Waals surface area (Å²) in [4.78, 5) is 12.2. The van der Waals surface area contributed by atoms with Gasteiger partial charge in [-0.1, -0.05) is 0 Å². The summed E-state index contributed by atoms with van der Waals surface area (Å²) in [5, 5.41) is 4.22. The number of aromatic nitrogens is 3. The maximum absolute atomic E-state index is 5.44. The number of hydrogen-bond acceptors (Lipinski definition) is 7. The number of rotatable bonds is 6. The van der Waals surface area contributed by atoms with Gasteiger partial charge in [-0.25, -0.2) is 9.97 Å². The molecule has 0 aliphatic carbocycles. The predicted octanol–water partition coefficient (Wildman–Crippen LogP) is 3.89. The molecule has 0 spiro atoms. The topological polar surface area (TPSA) is 90.5 Å². The van der Waals surface area contributed by atoms with Gasteiger partial charge in [-0.15, -0.1) is 0 Å². The van der Waals surface area contributed by atoms with Crippen molar-refractivity contribution in [2.24, 2.45) is 0 Å². The molecule has 144 valence electrons. The molecule has 2 aromatic carbocycles. The Morgan fingerprint density at radius 3 is 2.29 bits per heavy atom. The van der Waals surface area contributed by atoms with Crippen molar-refractivity contribution in [2.45, 2.75) is 0 Å². The summed E-state index contributed by atoms with van der Waals surface area (Å²) in [6.45, 7) is 0. The van der Waals surface area contributed by atoms with E-state index in [0.717, 1.165) is 27.6 Å². The Hall–Kier alpha value is -3.68. The predicted molar refractivity (Wildman–Crippen MR) is 107 cm³/mol. The number of hydrogen-bond donors (Lipinski definition) is 2. The zero-order valence-electron chi connectivity index (χ0n) is 16.0. The maximum atomic E-state index is 5.44. The Morgan fingerprint density at radius 2 is 1.57 bits per heavy atom. The van der Waals surface area contributed by atoms with Crippen molar-refractivity contribution in [2.75, 3.05) is 33.8 Å². The van der Waals surface area contributed by atoms with Gasteiger partial charge in [0, 0.05) is 17.5 Å². The van der Waals surface area contributed by atoms with Gasteiger partial charge < -0.3 is 29.2 Å². The van der Waals surface area contributed by atoms with Crippen LogP contribution in [0.1, 0.15) is 0 Å². The van der Waals surface area contributed by atoms with Gasteiger partial charge in [-0.3, -0.25) is 0 Å². The quantitative estimate of drug-likeness (QED) is 0.524. The fraction of sp³-hybridized carbons (Fsp3) is 0.200. The summed E-state index contributed by atoms with van der Waals surface area (Å²) in [5.41, 5.74) is 3.14. The number of aromatic amines is 1. The Bertz CT molecular complexity index is 1160. The van der Waals surface area contributed by atoms with E-state index >= 15 is 0 Å². The lowest BCUT2D eigenvalue weighted by Gasteiger charge is -2.12. The third kappa shape index (κ3) is 2.88. The second kappa shape index (κ2) is 7.15. The molecule has 0 bridgehead atoms. The smallest absolute Gasteiger partial charge is 0.162 e. The van der Waals surface area contributed by atoms with E-state index < -0.39 is 0 Å². The zero-order chi connectivity index (χ0) is 19.7. The first kappa shape index (κ1) is 17.7. The van der Waals surface area contributed by atoms with E-state index in [9.17, 15) is 0 Å². The van der Waals surface area contributed by atoms with Gasteiger partial charge in [0.15, 0.2) is 17.3 Å². The number of nitrogens with one attached hydrogen (secondary N) is 2. The number of H-pyrrole nitrogens is 1. The molecular formula is C20H20N4O4. The van der Waals surface area contributed by atoms with Gasteiger partial charge in [0.1, 0.15) is 28.9 Å². The monoisotopic (exact) mass is 380 g/mol. The normalized spacial score (nSPS) is 10.9. The molecule has 2 N–H and O–H groups in total. The van der Waals surface area contributed by atoms with Crippen LogP contribution < -0.4 is 24.3 Å². The highest BCUT2D eigenvalue weighted by molar-refractivity contribution is 6.09. The highest BCUT2D eigenvalue weighted by atomic mass is 16.5. The molecule has 8 heteroatoms. The third-order valence-electron chi connectivity index (χ3n) is 4.55. The molecular weight excluding hydrogens is 360 g/mol. The van der Waals surface area contributed by atoms with E-state index in [4.69, 9.17) is 18.9 Å². The van der Waals surface area contributed by atoms with Crippen molar-refractivity contribution in [3.8, 4) is 23.0 Å². The SMILES string of the molecule is COc1ccc(OC)c(Nc2ncnc3c2[nH]c2cc(OC)c(OC)cc23)c1. The van der Waals surface area contributed by atoms with E-state index in [1.807, 2.05) is 30.3 Å². The van der Waals surface area contributed by atoms with Crippen LogP contribution in [-0.2, 0) is 0 Å². The molecule has 0 aliphatic rings. The fourth-order valence-electron chi connectivity index (χ4n) is 3.16. The van der Waals surface area contributed by atoms with Gasteiger partial charge in [0.05, 0.1) is 39.6 Å². The van der Waals surface area contributed by atoms with Gasteiger partial charge in [0.2, 0.25) is 0 Å². The lowest BCUT2D eigenvalue weighted by molar-refractivity contribution is 0.356. The van der Waals surface area contributed by atoms with Crippen LogP contribution >= 0.6 is 0 Å². The average molecular weight is 380 g/mol. The first-order chi connectivity index (χ1) is 13.7. The van der Waals surface area contributed by atoms with E-state index in [2.05, 4.69) is 20.3 Å². The second-order valence-electron chi connectivity index (χ2n) is 6.01. The number of nitrogens with zero attached hydrogens (tertiary/aromatic N) is 2. The average Bonchev–Trinajstić information content (AvgIpc) is 3.11. The van der Waals surface area contributed by atoms with Crippen LogP contribution in [0.25, 0.3) is 21.9 Å². The Morgan fingerprint density at radius 1 is 0.821 bits per heavy atom. The van der Waals surface area contributed by atoms with Crippen LogP contribution in [0.4, 0.5) is 11.5 Å². The molecule has 2 aromatic heterocycles. The Balaban J connectivity index is 1.87. The molecule has 0 fully saturated rings. The number of ether oxygens (including phenoxy) is 4. The summed E-state index contributed by atoms with van der Waals surface area (Å²) in [7, 11) is 6.45. The molecule has 0 saturated carbocycles. The highest BCUT2D eigenvalue weighted by Gasteiger charge is 2.16. The molecule has 28 heavy (non-hydrogen) atoms. The fourth-order valence-corrected chi connectivity index (χ4v) is 3.16. The van der Waals surface area contributed by atoms with Crippen LogP contribution in [0, 0.1) is 0 Å². The molecule has 0 aliphatic heterocycles. The lowest BCUT2D eigenvalue weighted by Crippen LogP contribution is -1.99. The standard InChI is InChI=1S/C20H20N4O4/c1-25-11-5-6-15(26-2)14(7-11)24-20-19-18(21-10-22-20)12-8-16(27-3)17(28-4)9-13(12)23-19/h5-10,23H,1-4H3,(H,21,22,24). The molecule has 0 radical (unpaired) electrons. The number of benzene rings is 2. The van der Waals surface area contributed by atoms with Crippen LogP contribution in [0.3, 0.4) is 0 Å². The minimum atomic E-state index is 0.616. The molecule has 4 aromatic rings. The van der Waals surface area contributed by atoms with Crippen LogP contribution in [0.5, 0.6) is 23.0 Å². The molecule has 4 rings (SSSR count). The Labute approximate surface area is 161 Å². The summed E-state index contributed by atoms with van der Waals surface area (Å²) in [6, 6.07) is 9.30. The first-order valence-corrected chi connectivity index (χ1v) is 8.56. The molecule has 0 atom stereocenters. The van der Waals surface area contributed by atoms with Gasteiger partial charge in [-0.2, -0.15) is 0 Å². The molecule has 0 amide bonds. The van der Waals surface area contributed by atoms with Gasteiger partial charge >= 0.3 is 0 Å². The van der Waals surface area contributed by atoms with Gasteiger partial charge in [-0.05, 0) is 18.2 Å². The van der Waals surface area contributed by atoms with Crippen molar-refractivity contribution in [1.29, 1.82) is 0 Å². The lowest BCUT2D eigenvalue weighted by atomic mass is 10.2. The van der Waals surface area contributed by atoms with Crippen molar-refractivity contribution in [3.05, 3.63) is 36.7 Å². The number of anilines is 2. The molecule has 2 heterocycles. The Kier molecular flexibility index (Phi) is 4.52. The first-order valence-electron chi connectivity index (χ1n) is 8.56.